The van der Waals surface area contributed by atoms with Crippen molar-refractivity contribution in [3.8, 4) is 5.69 Å². The van der Waals surface area contributed by atoms with Crippen LogP contribution in [0.25, 0.3) is 5.69 Å². The molecular formula is C23H29N5O2S2. The molecular weight excluding hydrogens is 442 g/mol. The van der Waals surface area contributed by atoms with Crippen molar-refractivity contribution in [2.24, 2.45) is 0 Å². The minimum atomic E-state index is -3.52. The van der Waals surface area contributed by atoms with Crippen LogP contribution in [0.4, 0.5) is 0 Å². The van der Waals surface area contributed by atoms with Gasteiger partial charge in [0.05, 0.1) is 11.6 Å². The van der Waals surface area contributed by atoms with Gasteiger partial charge >= 0.3 is 0 Å². The standard InChI is InChI=1S/C23H29N5O2S2/c1-17-14-18(2)22(19(3)15-17)32(29,30)26-12-10-25(11-13-26)16-27-23(31)28(20(4)24-27)21-8-6-5-7-9-21/h5-9,14-15H,10-13,16H2,1-4H3. The predicted molar refractivity (Wildman–Crippen MR) is 128 cm³/mol. The van der Waals surface area contributed by atoms with Crippen LogP contribution in [0.15, 0.2) is 47.4 Å². The van der Waals surface area contributed by atoms with Crippen molar-refractivity contribution in [1.82, 2.24) is 23.6 Å². The molecule has 0 unspecified atom stereocenters. The van der Waals surface area contributed by atoms with Crippen molar-refractivity contribution in [3.63, 3.8) is 0 Å². The van der Waals surface area contributed by atoms with Gasteiger partial charge in [-0.05, 0) is 63.2 Å². The van der Waals surface area contributed by atoms with Gasteiger partial charge in [-0.2, -0.15) is 9.40 Å². The maximum absolute atomic E-state index is 13.3. The highest BCUT2D eigenvalue weighted by Crippen LogP contribution is 2.26. The van der Waals surface area contributed by atoms with E-state index in [2.05, 4.69) is 10.00 Å². The Morgan fingerprint density at radius 2 is 1.53 bits per heavy atom. The number of hydrogen-bond acceptors (Lipinski definition) is 5. The van der Waals surface area contributed by atoms with Crippen LogP contribution in [-0.4, -0.2) is 58.1 Å². The molecule has 170 valence electrons. The van der Waals surface area contributed by atoms with Gasteiger partial charge in [0, 0.05) is 31.9 Å². The molecule has 7 nitrogen and oxygen atoms in total. The number of para-hydroxylation sites is 1. The van der Waals surface area contributed by atoms with Gasteiger partial charge in [0.25, 0.3) is 0 Å². The molecule has 1 aromatic heterocycles. The Bertz CT molecular complexity index is 1260. The Kier molecular flexibility index (Phi) is 6.35. The summed E-state index contributed by atoms with van der Waals surface area (Å²) in [5.74, 6) is 0.827. The van der Waals surface area contributed by atoms with Crippen molar-refractivity contribution in [2.45, 2.75) is 39.3 Å². The Hall–Kier alpha value is -2.33. The van der Waals surface area contributed by atoms with Gasteiger partial charge in [-0.3, -0.25) is 9.47 Å². The molecule has 1 aliphatic heterocycles. The zero-order chi connectivity index (χ0) is 23.0. The minimum Gasteiger partial charge on any atom is -0.282 e. The van der Waals surface area contributed by atoms with Crippen LogP contribution in [0, 0.1) is 32.5 Å². The lowest BCUT2D eigenvalue weighted by atomic mass is 10.1. The first-order valence-corrected chi connectivity index (χ1v) is 12.6. The molecule has 0 amide bonds. The third-order valence-corrected chi connectivity index (χ3v) is 8.48. The number of piperazine rings is 1. The van der Waals surface area contributed by atoms with E-state index in [1.54, 1.807) is 4.31 Å². The van der Waals surface area contributed by atoms with E-state index in [0.717, 1.165) is 28.2 Å². The normalized spacial score (nSPS) is 15.9. The van der Waals surface area contributed by atoms with Crippen LogP contribution in [-0.2, 0) is 16.7 Å². The van der Waals surface area contributed by atoms with E-state index in [4.69, 9.17) is 12.2 Å². The molecule has 32 heavy (non-hydrogen) atoms. The summed E-state index contributed by atoms with van der Waals surface area (Å²) in [4.78, 5) is 2.63. The van der Waals surface area contributed by atoms with Crippen molar-refractivity contribution in [1.29, 1.82) is 0 Å². The maximum Gasteiger partial charge on any atom is 0.243 e. The Morgan fingerprint density at radius 3 is 2.12 bits per heavy atom. The van der Waals surface area contributed by atoms with Crippen molar-refractivity contribution >= 4 is 22.2 Å². The number of nitrogens with zero attached hydrogens (tertiary/aromatic N) is 5. The number of aromatic nitrogens is 3. The molecule has 1 saturated heterocycles. The highest BCUT2D eigenvalue weighted by Gasteiger charge is 2.31. The molecule has 0 bridgehead atoms. The molecule has 9 heteroatoms. The molecule has 0 atom stereocenters. The molecule has 0 radical (unpaired) electrons. The smallest absolute Gasteiger partial charge is 0.243 e. The summed E-state index contributed by atoms with van der Waals surface area (Å²) in [6.45, 7) is 10.4. The minimum absolute atomic E-state index is 0.441. The number of benzene rings is 2. The monoisotopic (exact) mass is 471 g/mol. The molecule has 1 aliphatic rings. The Balaban J connectivity index is 1.48. The highest BCUT2D eigenvalue weighted by molar-refractivity contribution is 7.89. The lowest BCUT2D eigenvalue weighted by molar-refractivity contribution is 0.144. The fraction of sp³-hybridized carbons (Fsp3) is 0.391. The van der Waals surface area contributed by atoms with Gasteiger partial charge in [0.15, 0.2) is 0 Å². The zero-order valence-corrected chi connectivity index (χ0v) is 20.6. The molecule has 2 heterocycles. The predicted octanol–water partition coefficient (Wildman–Crippen LogP) is 3.60. The summed E-state index contributed by atoms with van der Waals surface area (Å²) in [6.07, 6.45) is 0. The molecule has 2 aromatic carbocycles. The zero-order valence-electron chi connectivity index (χ0n) is 18.9. The average molecular weight is 472 g/mol. The first-order chi connectivity index (χ1) is 15.2. The Labute approximate surface area is 195 Å². The summed E-state index contributed by atoms with van der Waals surface area (Å²) < 4.78 is 32.7. The number of hydrogen-bond donors (Lipinski definition) is 0. The third kappa shape index (κ3) is 4.30. The van der Waals surface area contributed by atoms with E-state index in [-0.39, 0.29) is 0 Å². The summed E-state index contributed by atoms with van der Waals surface area (Å²) in [5.41, 5.74) is 3.67. The van der Waals surface area contributed by atoms with Crippen molar-refractivity contribution < 1.29 is 8.42 Å². The van der Waals surface area contributed by atoms with Crippen molar-refractivity contribution in [2.75, 3.05) is 26.2 Å². The van der Waals surface area contributed by atoms with E-state index in [1.165, 1.54) is 0 Å². The van der Waals surface area contributed by atoms with Gasteiger partial charge in [-0.25, -0.2) is 13.1 Å². The van der Waals surface area contributed by atoms with E-state index >= 15 is 0 Å². The summed E-state index contributed by atoms with van der Waals surface area (Å²) >= 11 is 5.68. The van der Waals surface area contributed by atoms with E-state index < -0.39 is 10.0 Å². The summed E-state index contributed by atoms with van der Waals surface area (Å²) in [5, 5.41) is 4.63. The highest BCUT2D eigenvalue weighted by atomic mass is 32.2. The number of rotatable bonds is 5. The molecule has 0 saturated carbocycles. The first kappa shape index (κ1) is 22.8. The molecule has 4 rings (SSSR count). The second-order valence-corrected chi connectivity index (χ2v) is 10.6. The van der Waals surface area contributed by atoms with Crippen LogP contribution in [0.2, 0.25) is 0 Å². The van der Waals surface area contributed by atoms with Gasteiger partial charge in [-0.1, -0.05) is 35.9 Å². The molecule has 3 aromatic rings. The van der Waals surface area contributed by atoms with Gasteiger partial charge in [0.2, 0.25) is 14.8 Å². The van der Waals surface area contributed by atoms with Crippen LogP contribution in [0.3, 0.4) is 0 Å². The van der Waals surface area contributed by atoms with E-state index in [9.17, 15) is 8.42 Å². The molecule has 0 N–H and O–H groups in total. The quantitative estimate of drug-likeness (QED) is 0.532. The summed E-state index contributed by atoms with van der Waals surface area (Å²) in [7, 11) is -3.52. The number of sulfonamides is 1. The Morgan fingerprint density at radius 1 is 0.938 bits per heavy atom. The van der Waals surface area contributed by atoms with E-state index in [0.29, 0.717) is 42.5 Å². The second kappa shape index (κ2) is 8.90. The topological polar surface area (TPSA) is 63.4 Å². The lowest BCUT2D eigenvalue weighted by Crippen LogP contribution is -2.49. The van der Waals surface area contributed by atoms with Gasteiger partial charge in [0.1, 0.15) is 5.82 Å². The molecule has 1 fully saturated rings. The molecule has 0 spiro atoms. The molecule has 0 aliphatic carbocycles. The number of aryl methyl sites for hydroxylation is 4. The SMILES string of the molecule is Cc1cc(C)c(S(=O)(=O)N2CCN(Cn3nc(C)n(-c4ccccc4)c3=S)CC2)c(C)c1. The maximum atomic E-state index is 13.3. The fourth-order valence-corrected chi connectivity index (χ4v) is 6.66. The summed E-state index contributed by atoms with van der Waals surface area (Å²) in [6, 6.07) is 13.8. The van der Waals surface area contributed by atoms with E-state index in [1.807, 2.05) is 79.4 Å². The van der Waals surface area contributed by atoms with Crippen LogP contribution < -0.4 is 0 Å². The van der Waals surface area contributed by atoms with Crippen molar-refractivity contribution in [3.05, 3.63) is 69.8 Å². The first-order valence-electron chi connectivity index (χ1n) is 10.7. The fourth-order valence-electron chi connectivity index (χ4n) is 4.49. The lowest BCUT2D eigenvalue weighted by Gasteiger charge is -2.34. The average Bonchev–Trinajstić information content (AvgIpc) is 3.01. The van der Waals surface area contributed by atoms with Crippen LogP contribution in [0.1, 0.15) is 22.5 Å². The van der Waals surface area contributed by atoms with Crippen LogP contribution >= 0.6 is 12.2 Å². The van der Waals surface area contributed by atoms with Crippen LogP contribution in [0.5, 0.6) is 0 Å². The second-order valence-electron chi connectivity index (χ2n) is 8.39. The van der Waals surface area contributed by atoms with Gasteiger partial charge in [-0.15, -0.1) is 0 Å². The largest absolute Gasteiger partial charge is 0.282 e. The third-order valence-electron chi connectivity index (χ3n) is 5.88. The van der Waals surface area contributed by atoms with Gasteiger partial charge < -0.3 is 0 Å².